The number of aromatic nitrogens is 1. The Morgan fingerprint density at radius 2 is 2.06 bits per heavy atom. The van der Waals surface area contributed by atoms with Gasteiger partial charge >= 0.3 is 5.97 Å². The molecular weight excluding hydrogens is 240 g/mol. The van der Waals surface area contributed by atoms with Crippen molar-refractivity contribution in [2.45, 2.75) is 0 Å². The molecule has 1 aromatic carbocycles. The van der Waals surface area contributed by atoms with E-state index in [1.54, 1.807) is 7.11 Å². The SMILES string of the molecule is COc1ccc(-c2ncc(C(=O)ON)s2)cc1. The first-order valence-corrected chi connectivity index (χ1v) is 5.57. The van der Waals surface area contributed by atoms with Crippen LogP contribution in [-0.4, -0.2) is 18.1 Å². The maximum Gasteiger partial charge on any atom is 0.368 e. The molecule has 0 spiro atoms. The fourth-order valence-electron chi connectivity index (χ4n) is 1.29. The van der Waals surface area contributed by atoms with Crippen LogP contribution in [0.2, 0.25) is 0 Å². The summed E-state index contributed by atoms with van der Waals surface area (Å²) in [6.07, 6.45) is 1.44. The molecule has 2 rings (SSSR count). The molecule has 0 radical (unpaired) electrons. The van der Waals surface area contributed by atoms with Crippen molar-refractivity contribution in [2.75, 3.05) is 7.11 Å². The van der Waals surface area contributed by atoms with Gasteiger partial charge in [0.05, 0.1) is 13.3 Å². The lowest BCUT2D eigenvalue weighted by Gasteiger charge is -1.99. The maximum atomic E-state index is 11.2. The third-order valence-electron chi connectivity index (χ3n) is 2.15. The van der Waals surface area contributed by atoms with Crippen LogP contribution in [0.4, 0.5) is 0 Å². The molecule has 2 N–H and O–H groups in total. The summed E-state index contributed by atoms with van der Waals surface area (Å²) in [7, 11) is 1.60. The minimum absolute atomic E-state index is 0.373. The Morgan fingerprint density at radius 1 is 1.35 bits per heavy atom. The molecule has 0 unspecified atom stereocenters. The molecule has 0 saturated carbocycles. The first-order chi connectivity index (χ1) is 8.24. The molecule has 6 heteroatoms. The second-order valence-electron chi connectivity index (χ2n) is 3.16. The van der Waals surface area contributed by atoms with Crippen molar-refractivity contribution < 1.29 is 14.4 Å². The molecule has 0 fully saturated rings. The van der Waals surface area contributed by atoms with E-state index in [1.807, 2.05) is 24.3 Å². The molecular formula is C11H10N2O3S. The second kappa shape index (κ2) is 4.94. The van der Waals surface area contributed by atoms with E-state index in [0.717, 1.165) is 16.3 Å². The molecule has 2 aromatic rings. The number of hydrogen-bond donors (Lipinski definition) is 1. The van der Waals surface area contributed by atoms with Crippen LogP contribution in [0.1, 0.15) is 9.67 Å². The van der Waals surface area contributed by atoms with Gasteiger partial charge in [0.15, 0.2) is 0 Å². The van der Waals surface area contributed by atoms with Gasteiger partial charge in [0.1, 0.15) is 15.6 Å². The van der Waals surface area contributed by atoms with E-state index in [2.05, 4.69) is 9.82 Å². The first kappa shape index (κ1) is 11.6. The highest BCUT2D eigenvalue weighted by molar-refractivity contribution is 7.16. The lowest BCUT2D eigenvalue weighted by atomic mass is 10.2. The van der Waals surface area contributed by atoms with Gasteiger partial charge in [-0.1, -0.05) is 0 Å². The number of methoxy groups -OCH3 is 1. The number of rotatable bonds is 3. The van der Waals surface area contributed by atoms with Crippen molar-refractivity contribution in [1.29, 1.82) is 0 Å². The molecule has 0 saturated heterocycles. The van der Waals surface area contributed by atoms with Gasteiger partial charge < -0.3 is 9.57 Å². The summed E-state index contributed by atoms with van der Waals surface area (Å²) >= 11 is 1.23. The molecule has 0 bridgehead atoms. The summed E-state index contributed by atoms with van der Waals surface area (Å²) in [6, 6.07) is 7.40. The molecule has 0 aliphatic heterocycles. The van der Waals surface area contributed by atoms with Gasteiger partial charge in [0.25, 0.3) is 0 Å². The Morgan fingerprint density at radius 3 is 2.65 bits per heavy atom. The summed E-state index contributed by atoms with van der Waals surface area (Å²) in [4.78, 5) is 19.8. The predicted octanol–water partition coefficient (Wildman–Crippen LogP) is 1.85. The normalized spacial score (nSPS) is 10.0. The Bertz CT molecular complexity index is 522. The highest BCUT2D eigenvalue weighted by Gasteiger charge is 2.12. The first-order valence-electron chi connectivity index (χ1n) is 4.76. The lowest BCUT2D eigenvalue weighted by Crippen LogP contribution is -2.07. The Balaban J connectivity index is 2.27. The summed E-state index contributed by atoms with van der Waals surface area (Å²) in [5, 5.41) is 0.730. The van der Waals surface area contributed by atoms with E-state index in [9.17, 15) is 4.79 Å². The predicted molar refractivity (Wildman–Crippen MR) is 63.7 cm³/mol. The topological polar surface area (TPSA) is 74.4 Å². The summed E-state index contributed by atoms with van der Waals surface area (Å²) < 4.78 is 5.06. The lowest BCUT2D eigenvalue weighted by molar-refractivity contribution is 0.0509. The van der Waals surface area contributed by atoms with E-state index in [-0.39, 0.29) is 0 Å². The molecule has 0 aliphatic carbocycles. The van der Waals surface area contributed by atoms with E-state index in [1.165, 1.54) is 17.5 Å². The van der Waals surface area contributed by atoms with Gasteiger partial charge in [-0.2, -0.15) is 5.90 Å². The van der Waals surface area contributed by atoms with Gasteiger partial charge in [-0.15, -0.1) is 11.3 Å². The second-order valence-corrected chi connectivity index (χ2v) is 4.19. The van der Waals surface area contributed by atoms with Crippen LogP contribution < -0.4 is 10.6 Å². The third kappa shape index (κ3) is 2.43. The van der Waals surface area contributed by atoms with Crippen LogP contribution in [0.15, 0.2) is 30.5 Å². The number of hydrogen-bond acceptors (Lipinski definition) is 6. The number of benzene rings is 1. The summed E-state index contributed by atoms with van der Waals surface area (Å²) in [5.41, 5.74) is 0.909. The fourth-order valence-corrected chi connectivity index (χ4v) is 2.10. The molecule has 0 atom stereocenters. The average Bonchev–Trinajstić information content (AvgIpc) is 2.87. The zero-order chi connectivity index (χ0) is 12.3. The molecule has 1 aromatic heterocycles. The van der Waals surface area contributed by atoms with Crippen molar-refractivity contribution in [3.05, 3.63) is 35.3 Å². The van der Waals surface area contributed by atoms with Gasteiger partial charge in [-0.25, -0.2) is 9.78 Å². The van der Waals surface area contributed by atoms with Crippen molar-refractivity contribution in [3.63, 3.8) is 0 Å². The van der Waals surface area contributed by atoms with E-state index >= 15 is 0 Å². The van der Waals surface area contributed by atoms with Crippen LogP contribution in [0.5, 0.6) is 5.75 Å². The minimum atomic E-state index is -0.581. The Kier molecular flexibility index (Phi) is 3.36. The zero-order valence-electron chi connectivity index (χ0n) is 9.04. The molecule has 17 heavy (non-hydrogen) atoms. The Hall–Kier alpha value is -1.92. The van der Waals surface area contributed by atoms with Crippen LogP contribution >= 0.6 is 11.3 Å². The van der Waals surface area contributed by atoms with Crippen molar-refractivity contribution in [1.82, 2.24) is 4.98 Å². The monoisotopic (exact) mass is 250 g/mol. The largest absolute Gasteiger partial charge is 0.497 e. The third-order valence-corrected chi connectivity index (χ3v) is 3.18. The maximum absolute atomic E-state index is 11.2. The number of nitrogens with two attached hydrogens (primary N) is 1. The van der Waals surface area contributed by atoms with E-state index in [4.69, 9.17) is 10.6 Å². The molecule has 0 amide bonds. The number of carbonyl (C=O) groups excluding carboxylic acids is 1. The number of thiazole rings is 1. The molecule has 0 aliphatic rings. The average molecular weight is 250 g/mol. The molecule has 88 valence electrons. The molecule has 1 heterocycles. The standard InChI is InChI=1S/C11H10N2O3S/c1-15-8-4-2-7(3-5-8)10-13-6-9(17-10)11(14)16-12/h2-6H,12H2,1H3. The summed E-state index contributed by atoms with van der Waals surface area (Å²) in [6.45, 7) is 0. The van der Waals surface area contributed by atoms with Crippen LogP contribution in [0, 0.1) is 0 Å². The number of nitrogens with zero attached hydrogens (tertiary/aromatic N) is 1. The van der Waals surface area contributed by atoms with Crippen molar-refractivity contribution >= 4 is 17.3 Å². The Labute approximate surface area is 102 Å². The minimum Gasteiger partial charge on any atom is -0.497 e. The van der Waals surface area contributed by atoms with Crippen LogP contribution in [0.3, 0.4) is 0 Å². The van der Waals surface area contributed by atoms with Gasteiger partial charge in [-0.3, -0.25) is 0 Å². The van der Waals surface area contributed by atoms with Gasteiger partial charge in [-0.05, 0) is 24.3 Å². The molecule has 5 nitrogen and oxygen atoms in total. The quantitative estimate of drug-likeness (QED) is 0.841. The fraction of sp³-hybridized carbons (Fsp3) is 0.0909. The van der Waals surface area contributed by atoms with Crippen molar-refractivity contribution in [2.24, 2.45) is 5.90 Å². The van der Waals surface area contributed by atoms with Crippen LogP contribution in [-0.2, 0) is 4.84 Å². The number of ether oxygens (including phenoxy) is 1. The highest BCUT2D eigenvalue weighted by Crippen LogP contribution is 2.26. The van der Waals surface area contributed by atoms with E-state index in [0.29, 0.717) is 4.88 Å². The smallest absolute Gasteiger partial charge is 0.368 e. The van der Waals surface area contributed by atoms with Gasteiger partial charge in [0.2, 0.25) is 0 Å². The van der Waals surface area contributed by atoms with Crippen LogP contribution in [0.25, 0.3) is 10.6 Å². The number of carbonyl (C=O) groups is 1. The highest BCUT2D eigenvalue weighted by atomic mass is 32.1. The van der Waals surface area contributed by atoms with Crippen molar-refractivity contribution in [3.8, 4) is 16.3 Å². The van der Waals surface area contributed by atoms with Gasteiger partial charge in [0, 0.05) is 5.56 Å². The van der Waals surface area contributed by atoms with E-state index < -0.39 is 5.97 Å². The summed E-state index contributed by atoms with van der Waals surface area (Å²) in [5.74, 6) is 4.99. The zero-order valence-corrected chi connectivity index (χ0v) is 9.86.